The number of methoxy groups -OCH3 is 1. The third-order valence-electron chi connectivity index (χ3n) is 5.57. The highest BCUT2D eigenvalue weighted by Crippen LogP contribution is 2.28. The van der Waals surface area contributed by atoms with Gasteiger partial charge >= 0.3 is 5.69 Å². The Balaban J connectivity index is 1.67. The number of anilines is 1. The van der Waals surface area contributed by atoms with Gasteiger partial charge in [-0.25, -0.2) is 4.90 Å². The Morgan fingerprint density at radius 3 is 2.56 bits per heavy atom. The Hall–Kier alpha value is -4.06. The van der Waals surface area contributed by atoms with Crippen LogP contribution in [0, 0.1) is 30.9 Å². The molecule has 12 heteroatoms. The molecule has 34 heavy (non-hydrogen) atoms. The molecule has 0 unspecified atom stereocenters. The lowest BCUT2D eigenvalue weighted by Crippen LogP contribution is -2.30. The highest BCUT2D eigenvalue weighted by atomic mass is 32.1. The molecule has 0 radical (unpaired) electrons. The second-order valence-corrected chi connectivity index (χ2v) is 8.29. The van der Waals surface area contributed by atoms with Crippen molar-refractivity contribution in [2.24, 2.45) is 7.05 Å². The fraction of sp³-hybridized carbons (Fsp3) is 0.273. The summed E-state index contributed by atoms with van der Waals surface area (Å²) in [6, 6.07) is 5.45. The van der Waals surface area contributed by atoms with Crippen LogP contribution < -0.4 is 15.0 Å². The number of benzene rings is 1. The normalized spacial score (nSPS) is 14.7. The minimum atomic E-state index is -0.428. The average molecular weight is 482 g/mol. The summed E-state index contributed by atoms with van der Waals surface area (Å²) in [5.41, 5.74) is 3.92. The molecule has 4 rings (SSSR count). The van der Waals surface area contributed by atoms with Gasteiger partial charge in [-0.15, -0.1) is 0 Å². The Kier molecular flexibility index (Phi) is 5.92. The molecule has 1 aliphatic rings. The summed E-state index contributed by atoms with van der Waals surface area (Å²) in [5, 5.41) is 23.2. The topological polar surface area (TPSA) is 120 Å². The molecule has 3 heterocycles. The van der Waals surface area contributed by atoms with Gasteiger partial charge in [0, 0.05) is 18.8 Å². The molecule has 0 saturated carbocycles. The van der Waals surface area contributed by atoms with Crippen molar-refractivity contribution in [1.29, 1.82) is 0 Å². The van der Waals surface area contributed by atoms with Crippen LogP contribution in [0.25, 0.3) is 6.08 Å². The zero-order valence-corrected chi connectivity index (χ0v) is 20.1. The first-order valence-electron chi connectivity index (χ1n) is 10.3. The fourth-order valence-corrected chi connectivity index (χ4v) is 4.30. The van der Waals surface area contributed by atoms with Crippen LogP contribution in [0.4, 0.5) is 11.4 Å². The van der Waals surface area contributed by atoms with Gasteiger partial charge in [-0.05, 0) is 56.8 Å². The van der Waals surface area contributed by atoms with Gasteiger partial charge in [0.05, 0.1) is 30.0 Å². The largest absolute Gasteiger partial charge is 0.496 e. The highest BCUT2D eigenvalue weighted by molar-refractivity contribution is 7.80. The predicted molar refractivity (Wildman–Crippen MR) is 130 cm³/mol. The van der Waals surface area contributed by atoms with E-state index in [1.807, 2.05) is 19.1 Å². The van der Waals surface area contributed by atoms with Crippen molar-refractivity contribution in [3.8, 4) is 5.75 Å². The Labute approximate surface area is 200 Å². The molecule has 0 aliphatic carbocycles. The summed E-state index contributed by atoms with van der Waals surface area (Å²) in [6.07, 6.45) is 3.44. The third kappa shape index (κ3) is 4.03. The number of amides is 1. The van der Waals surface area contributed by atoms with E-state index in [0.717, 1.165) is 11.1 Å². The van der Waals surface area contributed by atoms with E-state index in [0.29, 0.717) is 34.2 Å². The zero-order valence-electron chi connectivity index (χ0n) is 19.3. The van der Waals surface area contributed by atoms with E-state index in [4.69, 9.17) is 17.0 Å². The van der Waals surface area contributed by atoms with Gasteiger partial charge < -0.3 is 10.1 Å². The maximum atomic E-state index is 13.1. The number of rotatable bonds is 6. The number of carbonyl (C=O) groups excluding carboxylic acids is 1. The van der Waals surface area contributed by atoms with E-state index < -0.39 is 4.92 Å². The van der Waals surface area contributed by atoms with E-state index in [-0.39, 0.29) is 23.3 Å². The SMILES string of the molecule is COc1ccc(/C=C2/NC(=S)N(c3cn(C)nc3C)C2=O)cc1Cn1nc(C)c([N+](=O)[O-])c1C. The molecule has 1 aromatic carbocycles. The second-order valence-electron chi connectivity index (χ2n) is 7.91. The van der Waals surface area contributed by atoms with Crippen LogP contribution >= 0.6 is 12.2 Å². The lowest BCUT2D eigenvalue weighted by Gasteiger charge is -2.12. The molecule has 1 aliphatic heterocycles. The van der Waals surface area contributed by atoms with Crippen molar-refractivity contribution in [3.63, 3.8) is 0 Å². The molecular formula is C22H23N7O4S. The summed E-state index contributed by atoms with van der Waals surface area (Å²) >= 11 is 5.39. The van der Waals surface area contributed by atoms with Crippen LogP contribution in [-0.2, 0) is 18.4 Å². The molecule has 0 atom stereocenters. The number of aryl methyl sites for hydroxylation is 3. The van der Waals surface area contributed by atoms with Gasteiger partial charge in [0.1, 0.15) is 22.8 Å². The standard InChI is InChI=1S/C22H23N7O4S/c1-12-18(11-26(4)24-12)28-21(30)17(23-22(28)34)9-15-6-7-19(33-5)16(8-15)10-27-14(3)20(29(31)32)13(2)25-27/h6-9,11H,10H2,1-5H3,(H,23,34)/b17-9+. The Bertz CT molecular complexity index is 1370. The molecule has 1 N–H and O–H groups in total. The number of ether oxygens (including phenoxy) is 1. The van der Waals surface area contributed by atoms with Gasteiger partial charge in [0.2, 0.25) is 0 Å². The number of carbonyl (C=O) groups is 1. The summed E-state index contributed by atoms with van der Waals surface area (Å²) in [6.45, 7) is 5.34. The van der Waals surface area contributed by atoms with E-state index in [1.165, 1.54) is 4.90 Å². The number of nitro groups is 1. The maximum Gasteiger partial charge on any atom is 0.312 e. The fourth-order valence-electron chi connectivity index (χ4n) is 4.01. The molecular weight excluding hydrogens is 458 g/mol. The zero-order chi connectivity index (χ0) is 24.7. The number of thiocarbonyl (C=S) groups is 1. The number of aromatic nitrogens is 4. The summed E-state index contributed by atoms with van der Waals surface area (Å²) in [4.78, 5) is 25.4. The molecule has 11 nitrogen and oxygen atoms in total. The number of hydrogen-bond donors (Lipinski definition) is 1. The number of hydrogen-bond acceptors (Lipinski definition) is 7. The first-order chi connectivity index (χ1) is 16.1. The molecule has 2 aromatic heterocycles. The molecule has 1 saturated heterocycles. The van der Waals surface area contributed by atoms with Crippen LogP contribution in [-0.4, -0.2) is 42.6 Å². The Morgan fingerprint density at radius 1 is 1.24 bits per heavy atom. The first-order valence-corrected chi connectivity index (χ1v) is 10.7. The summed E-state index contributed by atoms with van der Waals surface area (Å²) < 4.78 is 8.68. The molecule has 0 spiro atoms. The van der Waals surface area contributed by atoms with Crippen LogP contribution in [0.2, 0.25) is 0 Å². The van der Waals surface area contributed by atoms with Crippen molar-refractivity contribution in [1.82, 2.24) is 24.9 Å². The van der Waals surface area contributed by atoms with E-state index >= 15 is 0 Å². The average Bonchev–Trinajstić information content (AvgIpc) is 3.34. The monoisotopic (exact) mass is 481 g/mol. The van der Waals surface area contributed by atoms with Crippen molar-refractivity contribution in [2.75, 3.05) is 12.0 Å². The third-order valence-corrected chi connectivity index (χ3v) is 5.85. The number of nitrogens with zero attached hydrogens (tertiary/aromatic N) is 6. The van der Waals surface area contributed by atoms with Crippen molar-refractivity contribution in [2.45, 2.75) is 27.3 Å². The van der Waals surface area contributed by atoms with Crippen LogP contribution in [0.15, 0.2) is 30.1 Å². The molecule has 1 fully saturated rings. The van der Waals surface area contributed by atoms with Crippen molar-refractivity contribution < 1.29 is 14.5 Å². The lowest BCUT2D eigenvalue weighted by atomic mass is 10.1. The summed E-state index contributed by atoms with van der Waals surface area (Å²) in [7, 11) is 3.33. The van der Waals surface area contributed by atoms with Crippen LogP contribution in [0.1, 0.15) is 28.2 Å². The summed E-state index contributed by atoms with van der Waals surface area (Å²) in [5.74, 6) is 0.318. The second kappa shape index (κ2) is 8.71. The molecule has 3 aromatic rings. The molecule has 0 bridgehead atoms. The van der Waals surface area contributed by atoms with Crippen LogP contribution in [0.5, 0.6) is 5.75 Å². The van der Waals surface area contributed by atoms with Crippen LogP contribution in [0.3, 0.4) is 0 Å². The predicted octanol–water partition coefficient (Wildman–Crippen LogP) is 2.77. The smallest absolute Gasteiger partial charge is 0.312 e. The van der Waals surface area contributed by atoms with E-state index in [2.05, 4.69) is 15.5 Å². The quantitative estimate of drug-likeness (QED) is 0.247. The van der Waals surface area contributed by atoms with Crippen molar-refractivity contribution in [3.05, 3.63) is 68.4 Å². The van der Waals surface area contributed by atoms with Gasteiger partial charge in [-0.2, -0.15) is 10.2 Å². The highest BCUT2D eigenvalue weighted by Gasteiger charge is 2.34. The van der Waals surface area contributed by atoms with Gasteiger partial charge in [0.25, 0.3) is 5.91 Å². The Morgan fingerprint density at radius 2 is 1.97 bits per heavy atom. The molecule has 1 amide bonds. The van der Waals surface area contributed by atoms with E-state index in [9.17, 15) is 14.9 Å². The van der Waals surface area contributed by atoms with Gasteiger partial charge in [0.15, 0.2) is 5.11 Å². The van der Waals surface area contributed by atoms with Gasteiger partial charge in [-0.3, -0.25) is 24.3 Å². The first kappa shape index (κ1) is 23.1. The number of nitrogens with one attached hydrogen (secondary N) is 1. The van der Waals surface area contributed by atoms with E-state index in [1.54, 1.807) is 55.7 Å². The van der Waals surface area contributed by atoms with Crippen molar-refractivity contribution >= 4 is 40.7 Å². The van der Waals surface area contributed by atoms with Gasteiger partial charge in [-0.1, -0.05) is 6.07 Å². The molecule has 176 valence electrons. The minimum absolute atomic E-state index is 0.00251. The lowest BCUT2D eigenvalue weighted by molar-refractivity contribution is -0.386. The maximum absolute atomic E-state index is 13.1. The minimum Gasteiger partial charge on any atom is -0.496 e.